The van der Waals surface area contributed by atoms with E-state index >= 15 is 0 Å². The molecule has 0 bridgehead atoms. The first-order valence-electron chi connectivity index (χ1n) is 5.36. The molecule has 1 amide bonds. The van der Waals surface area contributed by atoms with Gasteiger partial charge in [0.05, 0.1) is 5.56 Å². The molecule has 1 aromatic carbocycles. The van der Waals surface area contributed by atoms with Crippen molar-refractivity contribution >= 4 is 33.5 Å². The highest BCUT2D eigenvalue weighted by Crippen LogP contribution is 2.21. The number of hydrogen-bond acceptors (Lipinski definition) is 3. The van der Waals surface area contributed by atoms with Crippen molar-refractivity contribution in [2.45, 2.75) is 6.92 Å². The van der Waals surface area contributed by atoms with Crippen LogP contribution in [-0.4, -0.2) is 17.0 Å². The molecule has 0 aliphatic heterocycles. The van der Waals surface area contributed by atoms with Gasteiger partial charge in [-0.25, -0.2) is 4.79 Å². The van der Waals surface area contributed by atoms with Crippen LogP contribution in [0.25, 0.3) is 0 Å². The molecule has 0 atom stereocenters. The normalized spacial score (nSPS) is 10.2. The van der Waals surface area contributed by atoms with Crippen molar-refractivity contribution in [2.24, 2.45) is 0 Å². The number of carbonyl (C=O) groups excluding carboxylic acids is 1. The van der Waals surface area contributed by atoms with Gasteiger partial charge in [-0.2, -0.15) is 0 Å². The van der Waals surface area contributed by atoms with E-state index < -0.39 is 11.9 Å². The molecule has 0 unspecified atom stereocenters. The van der Waals surface area contributed by atoms with E-state index in [1.54, 1.807) is 6.07 Å². The summed E-state index contributed by atoms with van der Waals surface area (Å²) in [7, 11) is 0. The van der Waals surface area contributed by atoms with Crippen LogP contribution in [0.1, 0.15) is 26.5 Å². The zero-order chi connectivity index (χ0) is 14.0. The summed E-state index contributed by atoms with van der Waals surface area (Å²) < 4.78 is 5.76. The van der Waals surface area contributed by atoms with Crippen LogP contribution in [0.4, 0.5) is 5.69 Å². The predicted octanol–water partition coefficient (Wildman–Crippen LogP) is 3.30. The van der Waals surface area contributed by atoms with Crippen molar-refractivity contribution in [1.82, 2.24) is 0 Å². The van der Waals surface area contributed by atoms with Crippen molar-refractivity contribution in [2.75, 3.05) is 5.32 Å². The summed E-state index contributed by atoms with van der Waals surface area (Å²) in [5.41, 5.74) is 1.46. The molecule has 2 aromatic rings. The molecule has 0 aliphatic carbocycles. The van der Waals surface area contributed by atoms with Crippen LogP contribution in [0.3, 0.4) is 0 Å². The van der Waals surface area contributed by atoms with Crippen LogP contribution >= 0.6 is 15.9 Å². The van der Waals surface area contributed by atoms with Gasteiger partial charge in [-0.05, 0) is 24.6 Å². The third-order valence-electron chi connectivity index (χ3n) is 2.52. The number of carboxylic acids is 1. The first kappa shape index (κ1) is 13.4. The third kappa shape index (κ3) is 3.03. The first-order valence-corrected chi connectivity index (χ1v) is 6.16. The Morgan fingerprint density at radius 3 is 2.68 bits per heavy atom. The van der Waals surface area contributed by atoms with Gasteiger partial charge < -0.3 is 14.8 Å². The number of amides is 1. The lowest BCUT2D eigenvalue weighted by Gasteiger charge is -2.07. The number of furan rings is 1. The minimum absolute atomic E-state index is 0.0447. The highest BCUT2D eigenvalue weighted by Gasteiger charge is 2.15. The average Bonchev–Trinajstić information content (AvgIpc) is 2.83. The Hall–Kier alpha value is -2.08. The fourth-order valence-electron chi connectivity index (χ4n) is 1.48. The van der Waals surface area contributed by atoms with Crippen LogP contribution in [0, 0.1) is 6.92 Å². The van der Waals surface area contributed by atoms with Gasteiger partial charge in [0.1, 0.15) is 6.26 Å². The SMILES string of the molecule is Cc1ccc(Br)cc1NC(=O)c1cc(C(=O)O)co1. The Balaban J connectivity index is 2.20. The minimum Gasteiger partial charge on any atom is -0.478 e. The standard InChI is InChI=1S/C13H10BrNO4/c1-7-2-3-9(14)5-10(7)15-12(16)11-4-8(6-19-11)13(17)18/h2-6H,1H3,(H,15,16)(H,17,18). The zero-order valence-electron chi connectivity index (χ0n) is 9.94. The summed E-state index contributed by atoms with van der Waals surface area (Å²) in [4.78, 5) is 22.6. The summed E-state index contributed by atoms with van der Waals surface area (Å²) in [5.74, 6) is -1.67. The van der Waals surface area contributed by atoms with Gasteiger partial charge in [0, 0.05) is 16.2 Å². The molecule has 0 fully saturated rings. The maximum atomic E-state index is 11.9. The van der Waals surface area contributed by atoms with Crippen molar-refractivity contribution in [1.29, 1.82) is 0 Å². The first-order chi connectivity index (χ1) is 8.97. The van der Waals surface area contributed by atoms with E-state index in [1.165, 1.54) is 6.07 Å². The Bertz CT molecular complexity index is 648. The van der Waals surface area contributed by atoms with E-state index in [0.29, 0.717) is 5.69 Å². The van der Waals surface area contributed by atoms with Crippen LogP contribution in [0.5, 0.6) is 0 Å². The lowest BCUT2D eigenvalue weighted by Crippen LogP contribution is -2.12. The van der Waals surface area contributed by atoms with Crippen molar-refractivity contribution in [3.63, 3.8) is 0 Å². The number of benzene rings is 1. The molecule has 2 N–H and O–H groups in total. The van der Waals surface area contributed by atoms with E-state index in [0.717, 1.165) is 16.3 Å². The Morgan fingerprint density at radius 1 is 1.32 bits per heavy atom. The summed E-state index contributed by atoms with van der Waals surface area (Å²) in [5, 5.41) is 11.4. The number of anilines is 1. The van der Waals surface area contributed by atoms with Gasteiger partial charge in [0.2, 0.25) is 0 Å². The van der Waals surface area contributed by atoms with Crippen LogP contribution in [0.15, 0.2) is 39.4 Å². The van der Waals surface area contributed by atoms with E-state index in [9.17, 15) is 9.59 Å². The smallest absolute Gasteiger partial charge is 0.338 e. The zero-order valence-corrected chi connectivity index (χ0v) is 11.5. The number of hydrogen-bond donors (Lipinski definition) is 2. The molecule has 0 radical (unpaired) electrons. The molecular formula is C13H10BrNO4. The number of aromatic carboxylic acids is 1. The molecule has 6 heteroatoms. The summed E-state index contributed by atoms with van der Waals surface area (Å²) in [6, 6.07) is 6.66. The third-order valence-corrected chi connectivity index (χ3v) is 3.01. The second-order valence-corrected chi connectivity index (χ2v) is 4.83. The quantitative estimate of drug-likeness (QED) is 0.908. The van der Waals surface area contributed by atoms with E-state index in [4.69, 9.17) is 9.52 Å². The van der Waals surface area contributed by atoms with Gasteiger partial charge in [-0.1, -0.05) is 22.0 Å². The molecule has 1 aromatic heterocycles. The number of carbonyl (C=O) groups is 2. The van der Waals surface area contributed by atoms with Gasteiger partial charge in [-0.3, -0.25) is 4.79 Å². The summed E-state index contributed by atoms with van der Waals surface area (Å²) >= 11 is 3.31. The van der Waals surface area contributed by atoms with Crippen molar-refractivity contribution in [3.8, 4) is 0 Å². The van der Waals surface area contributed by atoms with Crippen LogP contribution < -0.4 is 5.32 Å². The van der Waals surface area contributed by atoms with Crippen molar-refractivity contribution in [3.05, 3.63) is 51.9 Å². The summed E-state index contributed by atoms with van der Waals surface area (Å²) in [6.45, 7) is 1.85. The molecule has 98 valence electrons. The van der Waals surface area contributed by atoms with Gasteiger partial charge in [0.15, 0.2) is 5.76 Å². The molecule has 2 rings (SSSR count). The fourth-order valence-corrected chi connectivity index (χ4v) is 1.84. The molecule has 0 saturated heterocycles. The molecule has 0 saturated carbocycles. The Morgan fingerprint density at radius 2 is 2.05 bits per heavy atom. The molecule has 1 heterocycles. The fraction of sp³-hybridized carbons (Fsp3) is 0.0769. The lowest BCUT2D eigenvalue weighted by atomic mass is 10.2. The average molecular weight is 324 g/mol. The molecule has 0 aliphatic rings. The molecule has 19 heavy (non-hydrogen) atoms. The maximum Gasteiger partial charge on any atom is 0.338 e. The number of aryl methyl sites for hydroxylation is 1. The number of rotatable bonds is 3. The Labute approximate surface area is 117 Å². The van der Waals surface area contributed by atoms with Gasteiger partial charge in [0.25, 0.3) is 5.91 Å². The molecule has 0 spiro atoms. The van der Waals surface area contributed by atoms with Crippen molar-refractivity contribution < 1.29 is 19.1 Å². The Kier molecular flexibility index (Phi) is 3.71. The van der Waals surface area contributed by atoms with Crippen LogP contribution in [0.2, 0.25) is 0 Å². The minimum atomic E-state index is -1.14. The lowest BCUT2D eigenvalue weighted by molar-refractivity contribution is 0.0696. The summed E-state index contributed by atoms with van der Waals surface area (Å²) in [6.07, 6.45) is 1.03. The second kappa shape index (κ2) is 5.27. The second-order valence-electron chi connectivity index (χ2n) is 3.92. The van der Waals surface area contributed by atoms with E-state index in [1.807, 2.05) is 19.1 Å². The number of carboxylic acid groups (broad SMARTS) is 1. The van der Waals surface area contributed by atoms with Gasteiger partial charge >= 0.3 is 5.97 Å². The molecule has 5 nitrogen and oxygen atoms in total. The van der Waals surface area contributed by atoms with E-state index in [-0.39, 0.29) is 11.3 Å². The number of halogens is 1. The molecular weight excluding hydrogens is 314 g/mol. The maximum absolute atomic E-state index is 11.9. The largest absolute Gasteiger partial charge is 0.478 e. The number of nitrogens with one attached hydrogen (secondary N) is 1. The highest BCUT2D eigenvalue weighted by molar-refractivity contribution is 9.10. The van der Waals surface area contributed by atoms with Crippen LogP contribution in [-0.2, 0) is 0 Å². The predicted molar refractivity (Wildman–Crippen MR) is 72.5 cm³/mol. The van der Waals surface area contributed by atoms with Gasteiger partial charge in [-0.15, -0.1) is 0 Å². The topological polar surface area (TPSA) is 79.5 Å². The highest BCUT2D eigenvalue weighted by atomic mass is 79.9. The van der Waals surface area contributed by atoms with E-state index in [2.05, 4.69) is 21.2 Å². The monoisotopic (exact) mass is 323 g/mol.